The molecule has 2 heterocycles. The molecule has 0 spiro atoms. The summed E-state index contributed by atoms with van der Waals surface area (Å²) in [6.45, 7) is 3.65. The molecule has 0 fully saturated rings. The van der Waals surface area contributed by atoms with Crippen LogP contribution in [0.15, 0.2) is 63.2 Å². The van der Waals surface area contributed by atoms with Gasteiger partial charge < -0.3 is 19.5 Å². The lowest BCUT2D eigenvalue weighted by Gasteiger charge is -2.15. The van der Waals surface area contributed by atoms with Gasteiger partial charge in [-0.05, 0) is 61.4 Å². The highest BCUT2D eigenvalue weighted by molar-refractivity contribution is 5.99. The summed E-state index contributed by atoms with van der Waals surface area (Å²) in [7, 11) is 2.91. The van der Waals surface area contributed by atoms with Gasteiger partial charge in [0.1, 0.15) is 24.2 Å². The molecule has 1 atom stereocenters. The van der Waals surface area contributed by atoms with E-state index in [4.69, 9.17) is 4.74 Å². The third-order valence-corrected chi connectivity index (χ3v) is 5.78. The van der Waals surface area contributed by atoms with Crippen molar-refractivity contribution in [3.63, 3.8) is 0 Å². The zero-order chi connectivity index (χ0) is 26.0. The average molecular weight is 493 g/mol. The van der Waals surface area contributed by atoms with Crippen LogP contribution in [0.5, 0.6) is 11.5 Å². The largest absolute Gasteiger partial charge is 0.508 e. The number of aryl methyl sites for hydroxylation is 2. The highest BCUT2D eigenvalue weighted by Crippen LogP contribution is 2.18. The van der Waals surface area contributed by atoms with Gasteiger partial charge in [-0.25, -0.2) is 10.2 Å². The number of hydrazone groups is 1. The number of phenolic OH excluding ortho intramolecular Hbond substituents is 1. The fourth-order valence-corrected chi connectivity index (χ4v) is 3.77. The minimum atomic E-state index is -0.993. The van der Waals surface area contributed by atoms with Crippen molar-refractivity contribution in [2.75, 3.05) is 12.0 Å². The van der Waals surface area contributed by atoms with Gasteiger partial charge in [0.25, 0.3) is 5.56 Å². The Labute approximate surface area is 206 Å². The van der Waals surface area contributed by atoms with Gasteiger partial charge in [0.05, 0.1) is 12.3 Å². The van der Waals surface area contributed by atoms with Gasteiger partial charge >= 0.3 is 5.69 Å². The molecule has 4 aromatic rings. The maximum Gasteiger partial charge on any atom is 0.332 e. The van der Waals surface area contributed by atoms with Crippen molar-refractivity contribution in [3.8, 4) is 11.5 Å². The van der Waals surface area contributed by atoms with E-state index in [2.05, 4.69) is 15.5 Å². The Hall–Kier alpha value is -4.38. The number of aliphatic hydroxyl groups excluding tert-OH is 1. The SMILES string of the molecule is C/C(=N\Nc1nc2c(c(=O)n(C)c(=O)n2C)n1CC(O)COc1cccc(C)c1)c1ccc(O)cc1. The number of fused-ring (bicyclic) bond motifs is 1. The van der Waals surface area contributed by atoms with Crippen molar-refractivity contribution in [2.24, 2.45) is 19.2 Å². The van der Waals surface area contributed by atoms with E-state index in [1.807, 2.05) is 25.1 Å². The van der Waals surface area contributed by atoms with Crippen LogP contribution in [-0.4, -0.2) is 47.3 Å². The summed E-state index contributed by atoms with van der Waals surface area (Å²) in [5.74, 6) is 0.936. The van der Waals surface area contributed by atoms with Crippen LogP contribution in [0.25, 0.3) is 11.2 Å². The highest BCUT2D eigenvalue weighted by Gasteiger charge is 2.21. The third kappa shape index (κ3) is 5.01. The summed E-state index contributed by atoms with van der Waals surface area (Å²) in [4.78, 5) is 29.9. The molecule has 3 N–H and O–H groups in total. The molecule has 0 aliphatic carbocycles. The fourth-order valence-electron chi connectivity index (χ4n) is 3.77. The number of ether oxygens (including phenoxy) is 1. The summed E-state index contributed by atoms with van der Waals surface area (Å²) in [5, 5.41) is 24.6. The normalized spacial score (nSPS) is 12.6. The van der Waals surface area contributed by atoms with Gasteiger partial charge in [-0.3, -0.25) is 13.9 Å². The number of rotatable bonds is 8. The fraction of sp³-hybridized carbons (Fsp3) is 0.280. The number of hydrogen-bond acceptors (Lipinski definition) is 8. The van der Waals surface area contributed by atoms with Crippen LogP contribution in [-0.2, 0) is 20.6 Å². The number of aromatic nitrogens is 4. The molecule has 2 aromatic carbocycles. The Morgan fingerprint density at radius 3 is 2.56 bits per heavy atom. The molecule has 0 amide bonds. The molecule has 188 valence electrons. The van der Waals surface area contributed by atoms with E-state index in [0.29, 0.717) is 11.5 Å². The van der Waals surface area contributed by atoms with Crippen molar-refractivity contribution in [3.05, 3.63) is 80.5 Å². The smallest absolute Gasteiger partial charge is 0.332 e. The van der Waals surface area contributed by atoms with Gasteiger partial charge in [-0.2, -0.15) is 10.1 Å². The van der Waals surface area contributed by atoms with E-state index in [1.54, 1.807) is 37.3 Å². The number of nitrogens with zero attached hydrogens (tertiary/aromatic N) is 5. The molecule has 2 aromatic heterocycles. The number of aromatic hydroxyl groups is 1. The number of hydrogen-bond donors (Lipinski definition) is 3. The lowest BCUT2D eigenvalue weighted by atomic mass is 10.1. The molecule has 0 aliphatic heterocycles. The molecular weight excluding hydrogens is 464 g/mol. The number of nitrogens with one attached hydrogen (secondary N) is 1. The standard InChI is InChI=1S/C25H28N6O5/c1-15-6-5-7-20(12-15)36-14-19(33)13-31-21-22(29(3)25(35)30(4)23(21)34)26-24(31)28-27-16(2)17-8-10-18(32)11-9-17/h5-12,19,32-33H,13-14H2,1-4H3,(H,26,28)/b27-16+. The second-order valence-corrected chi connectivity index (χ2v) is 8.56. The van der Waals surface area contributed by atoms with Gasteiger partial charge in [-0.1, -0.05) is 12.1 Å². The van der Waals surface area contributed by atoms with Crippen molar-refractivity contribution in [1.82, 2.24) is 18.7 Å². The minimum Gasteiger partial charge on any atom is -0.508 e. The van der Waals surface area contributed by atoms with Crippen molar-refractivity contribution >= 4 is 22.8 Å². The first kappa shape index (κ1) is 24.7. The number of anilines is 1. The summed E-state index contributed by atoms with van der Waals surface area (Å²) >= 11 is 0. The van der Waals surface area contributed by atoms with Crippen molar-refractivity contribution < 1.29 is 14.9 Å². The van der Waals surface area contributed by atoms with E-state index < -0.39 is 17.4 Å². The molecule has 4 rings (SSSR count). The molecule has 0 aliphatic rings. The number of phenols is 1. The zero-order valence-corrected chi connectivity index (χ0v) is 20.5. The molecule has 1 unspecified atom stereocenters. The second kappa shape index (κ2) is 10.1. The van der Waals surface area contributed by atoms with Crippen LogP contribution >= 0.6 is 0 Å². The van der Waals surface area contributed by atoms with Gasteiger partial charge in [-0.15, -0.1) is 0 Å². The van der Waals surface area contributed by atoms with E-state index in [9.17, 15) is 19.8 Å². The van der Waals surface area contributed by atoms with Crippen LogP contribution in [0.2, 0.25) is 0 Å². The van der Waals surface area contributed by atoms with Crippen LogP contribution in [0.3, 0.4) is 0 Å². The van der Waals surface area contributed by atoms with Crippen molar-refractivity contribution in [2.45, 2.75) is 26.5 Å². The van der Waals surface area contributed by atoms with Gasteiger partial charge in [0.2, 0.25) is 5.95 Å². The van der Waals surface area contributed by atoms with Gasteiger partial charge in [0, 0.05) is 14.1 Å². The summed E-state index contributed by atoms with van der Waals surface area (Å²) in [6.07, 6.45) is -0.993. The Kier molecular flexibility index (Phi) is 6.93. The van der Waals surface area contributed by atoms with Crippen LogP contribution < -0.4 is 21.4 Å². The lowest BCUT2D eigenvalue weighted by Crippen LogP contribution is -2.38. The quantitative estimate of drug-likeness (QED) is 0.252. The Bertz CT molecular complexity index is 1550. The Balaban J connectivity index is 1.68. The molecule has 11 heteroatoms. The predicted molar refractivity (Wildman–Crippen MR) is 137 cm³/mol. The second-order valence-electron chi connectivity index (χ2n) is 8.56. The average Bonchev–Trinajstić information content (AvgIpc) is 3.22. The number of aliphatic hydroxyl groups is 1. The molecule has 11 nitrogen and oxygen atoms in total. The van der Waals surface area contributed by atoms with E-state index >= 15 is 0 Å². The monoisotopic (exact) mass is 492 g/mol. The predicted octanol–water partition coefficient (Wildman–Crippen LogP) is 1.72. The summed E-state index contributed by atoms with van der Waals surface area (Å²) in [5.41, 5.74) is 4.49. The van der Waals surface area contributed by atoms with Crippen LogP contribution in [0.4, 0.5) is 5.95 Å². The number of benzene rings is 2. The summed E-state index contributed by atoms with van der Waals surface area (Å²) < 4.78 is 9.48. The molecule has 36 heavy (non-hydrogen) atoms. The maximum absolute atomic E-state index is 13.0. The molecule has 0 radical (unpaired) electrons. The Morgan fingerprint density at radius 2 is 1.86 bits per heavy atom. The minimum absolute atomic E-state index is 0.0234. The molecule has 0 saturated heterocycles. The van der Waals surface area contributed by atoms with Crippen LogP contribution in [0.1, 0.15) is 18.1 Å². The number of imidazole rings is 1. The van der Waals surface area contributed by atoms with E-state index in [-0.39, 0.29) is 36.0 Å². The maximum atomic E-state index is 13.0. The van der Waals surface area contributed by atoms with E-state index in [1.165, 1.54) is 23.2 Å². The molecular formula is C25H28N6O5. The zero-order valence-electron chi connectivity index (χ0n) is 20.5. The topological polar surface area (TPSA) is 136 Å². The van der Waals surface area contributed by atoms with E-state index in [0.717, 1.165) is 15.7 Å². The summed E-state index contributed by atoms with van der Waals surface area (Å²) in [6, 6.07) is 14.0. The third-order valence-electron chi connectivity index (χ3n) is 5.78. The first-order chi connectivity index (χ1) is 17.2. The molecule has 0 saturated carbocycles. The van der Waals surface area contributed by atoms with Gasteiger partial charge in [0.15, 0.2) is 11.2 Å². The first-order valence-electron chi connectivity index (χ1n) is 11.3. The first-order valence-corrected chi connectivity index (χ1v) is 11.3. The highest BCUT2D eigenvalue weighted by atomic mass is 16.5. The van der Waals surface area contributed by atoms with Crippen molar-refractivity contribution in [1.29, 1.82) is 0 Å². The Morgan fingerprint density at radius 1 is 1.14 bits per heavy atom. The van der Waals surface area contributed by atoms with Crippen LogP contribution in [0, 0.1) is 6.92 Å². The molecule has 0 bridgehead atoms. The lowest BCUT2D eigenvalue weighted by molar-refractivity contribution is 0.0938.